The predicted molar refractivity (Wildman–Crippen MR) is 64.1 cm³/mol. The summed E-state index contributed by atoms with van der Waals surface area (Å²) >= 11 is 0. The molecule has 0 radical (unpaired) electrons. The van der Waals surface area contributed by atoms with Crippen LogP contribution in [0.4, 0.5) is 0 Å². The standard InChI is InChI=1S/C12H24O2Si/c1-4-10-9-12(10)15(13-5-2,14-6-3)11-7-8-11/h10-12H,4-9H2,1-3H3. The van der Waals surface area contributed by atoms with Gasteiger partial charge in [-0.3, -0.25) is 0 Å². The molecule has 0 amide bonds. The van der Waals surface area contributed by atoms with Crippen LogP contribution in [0, 0.1) is 5.92 Å². The van der Waals surface area contributed by atoms with E-state index >= 15 is 0 Å². The van der Waals surface area contributed by atoms with Crippen molar-refractivity contribution in [2.45, 2.75) is 57.5 Å². The Morgan fingerprint density at radius 2 is 1.67 bits per heavy atom. The van der Waals surface area contributed by atoms with Gasteiger partial charge in [-0.2, -0.15) is 0 Å². The Morgan fingerprint density at radius 1 is 1.07 bits per heavy atom. The summed E-state index contributed by atoms with van der Waals surface area (Å²) in [5.41, 5.74) is 1.63. The maximum atomic E-state index is 6.17. The van der Waals surface area contributed by atoms with E-state index in [0.29, 0.717) is 0 Å². The normalized spacial score (nSPS) is 30.6. The maximum Gasteiger partial charge on any atom is 0.344 e. The third kappa shape index (κ3) is 2.15. The Morgan fingerprint density at radius 3 is 2.00 bits per heavy atom. The molecule has 0 N–H and O–H groups in total. The molecule has 3 heteroatoms. The van der Waals surface area contributed by atoms with Crippen molar-refractivity contribution in [3.63, 3.8) is 0 Å². The average molecular weight is 228 g/mol. The number of rotatable bonds is 7. The molecule has 2 rings (SSSR count). The topological polar surface area (TPSA) is 18.5 Å². The highest BCUT2D eigenvalue weighted by Gasteiger charge is 2.64. The third-order valence-electron chi connectivity index (χ3n) is 3.85. The molecular weight excluding hydrogens is 204 g/mol. The van der Waals surface area contributed by atoms with Crippen molar-refractivity contribution in [1.29, 1.82) is 0 Å². The molecule has 2 aliphatic carbocycles. The summed E-state index contributed by atoms with van der Waals surface area (Å²) in [7, 11) is -1.81. The summed E-state index contributed by atoms with van der Waals surface area (Å²) in [6.07, 6.45) is 5.41. The number of hydrogen-bond donors (Lipinski definition) is 0. The molecular formula is C12H24O2Si. The summed E-state index contributed by atoms with van der Waals surface area (Å²) in [4.78, 5) is 0. The Hall–Kier alpha value is 0.137. The molecule has 15 heavy (non-hydrogen) atoms. The van der Waals surface area contributed by atoms with Crippen LogP contribution in [-0.2, 0) is 8.85 Å². The summed E-state index contributed by atoms with van der Waals surface area (Å²) in [6.45, 7) is 8.22. The molecule has 0 bridgehead atoms. The van der Waals surface area contributed by atoms with Gasteiger partial charge < -0.3 is 8.85 Å². The molecule has 2 unspecified atom stereocenters. The second-order valence-electron chi connectivity index (χ2n) is 4.87. The van der Waals surface area contributed by atoms with Crippen molar-refractivity contribution >= 4 is 8.56 Å². The highest BCUT2D eigenvalue weighted by atomic mass is 28.4. The van der Waals surface area contributed by atoms with Crippen molar-refractivity contribution < 1.29 is 8.85 Å². The first kappa shape index (κ1) is 11.6. The molecule has 2 atom stereocenters. The zero-order valence-corrected chi connectivity index (χ0v) is 11.3. The van der Waals surface area contributed by atoms with E-state index in [2.05, 4.69) is 20.8 Å². The zero-order valence-electron chi connectivity index (χ0n) is 10.3. The Labute approximate surface area is 94.6 Å². The molecule has 0 aliphatic heterocycles. The van der Waals surface area contributed by atoms with Crippen molar-refractivity contribution in [2.24, 2.45) is 5.92 Å². The van der Waals surface area contributed by atoms with Crippen LogP contribution in [0.1, 0.15) is 46.5 Å². The molecule has 2 saturated carbocycles. The van der Waals surface area contributed by atoms with E-state index in [1.165, 1.54) is 25.7 Å². The van der Waals surface area contributed by atoms with Gasteiger partial charge in [0, 0.05) is 24.3 Å². The van der Waals surface area contributed by atoms with Crippen molar-refractivity contribution in [3.8, 4) is 0 Å². The molecule has 0 aromatic rings. The zero-order chi connectivity index (χ0) is 10.9. The lowest BCUT2D eigenvalue weighted by Gasteiger charge is -2.30. The van der Waals surface area contributed by atoms with Gasteiger partial charge in [0.05, 0.1) is 0 Å². The molecule has 2 aliphatic rings. The Bertz CT molecular complexity index is 210. The van der Waals surface area contributed by atoms with Crippen molar-refractivity contribution in [2.75, 3.05) is 13.2 Å². The van der Waals surface area contributed by atoms with Gasteiger partial charge in [-0.15, -0.1) is 0 Å². The Balaban J connectivity index is 2.05. The van der Waals surface area contributed by atoms with Crippen molar-refractivity contribution in [1.82, 2.24) is 0 Å². The largest absolute Gasteiger partial charge is 0.394 e. The highest BCUT2D eigenvalue weighted by Crippen LogP contribution is 2.63. The average Bonchev–Trinajstić information content (AvgIpc) is 3.09. The van der Waals surface area contributed by atoms with E-state index in [0.717, 1.165) is 30.2 Å². The summed E-state index contributed by atoms with van der Waals surface area (Å²) in [5, 5.41) is 0. The van der Waals surface area contributed by atoms with Crippen LogP contribution >= 0.6 is 0 Å². The lowest BCUT2D eigenvalue weighted by molar-refractivity contribution is 0.177. The van der Waals surface area contributed by atoms with Crippen LogP contribution < -0.4 is 0 Å². The van der Waals surface area contributed by atoms with Crippen molar-refractivity contribution in [3.05, 3.63) is 0 Å². The van der Waals surface area contributed by atoms with Crippen LogP contribution in [-0.4, -0.2) is 21.8 Å². The molecule has 0 aromatic heterocycles. The van der Waals surface area contributed by atoms with E-state index in [1.807, 2.05) is 0 Å². The second-order valence-corrected chi connectivity index (χ2v) is 8.45. The molecule has 0 heterocycles. The van der Waals surface area contributed by atoms with E-state index in [4.69, 9.17) is 8.85 Å². The lowest BCUT2D eigenvalue weighted by Crippen LogP contribution is -2.44. The second kappa shape index (κ2) is 4.56. The summed E-state index contributed by atoms with van der Waals surface area (Å²) < 4.78 is 12.3. The van der Waals surface area contributed by atoms with Gasteiger partial charge in [-0.25, -0.2) is 0 Å². The predicted octanol–water partition coefficient (Wildman–Crippen LogP) is 3.47. The SMILES string of the molecule is CCO[Si](OCC)(C1CC1)C1CC1CC. The Kier molecular flexibility index (Phi) is 3.53. The first-order valence-electron chi connectivity index (χ1n) is 6.56. The fourth-order valence-corrected chi connectivity index (χ4v) is 7.91. The quantitative estimate of drug-likeness (QED) is 0.621. The van der Waals surface area contributed by atoms with Gasteiger partial charge in [0.25, 0.3) is 0 Å². The molecule has 0 saturated heterocycles. The summed E-state index contributed by atoms with van der Waals surface area (Å²) in [5.74, 6) is 0.912. The van der Waals surface area contributed by atoms with Gasteiger partial charge in [-0.05, 0) is 39.0 Å². The first-order chi connectivity index (χ1) is 7.28. The minimum atomic E-state index is -1.81. The number of hydrogen-bond acceptors (Lipinski definition) is 2. The van der Waals surface area contributed by atoms with E-state index < -0.39 is 8.56 Å². The maximum absolute atomic E-state index is 6.17. The van der Waals surface area contributed by atoms with Gasteiger partial charge in [0.2, 0.25) is 0 Å². The van der Waals surface area contributed by atoms with Crippen LogP contribution in [0.15, 0.2) is 0 Å². The summed E-state index contributed by atoms with van der Waals surface area (Å²) in [6, 6.07) is 0. The fraction of sp³-hybridized carbons (Fsp3) is 1.00. The highest BCUT2D eigenvalue weighted by molar-refractivity contribution is 6.72. The molecule has 2 nitrogen and oxygen atoms in total. The van der Waals surface area contributed by atoms with Gasteiger partial charge in [0.15, 0.2) is 0 Å². The fourth-order valence-electron chi connectivity index (χ4n) is 2.92. The molecule has 0 spiro atoms. The van der Waals surface area contributed by atoms with Gasteiger partial charge in [0.1, 0.15) is 0 Å². The van der Waals surface area contributed by atoms with Crippen LogP contribution in [0.5, 0.6) is 0 Å². The van der Waals surface area contributed by atoms with Gasteiger partial charge >= 0.3 is 8.56 Å². The monoisotopic (exact) mass is 228 g/mol. The van der Waals surface area contributed by atoms with Gasteiger partial charge in [-0.1, -0.05) is 13.3 Å². The third-order valence-corrected chi connectivity index (χ3v) is 8.79. The van der Waals surface area contributed by atoms with E-state index in [1.54, 1.807) is 0 Å². The smallest absolute Gasteiger partial charge is 0.344 e. The molecule has 2 fully saturated rings. The minimum Gasteiger partial charge on any atom is -0.394 e. The van der Waals surface area contributed by atoms with Crippen LogP contribution in [0.2, 0.25) is 11.1 Å². The van der Waals surface area contributed by atoms with E-state index in [9.17, 15) is 0 Å². The van der Waals surface area contributed by atoms with Crippen LogP contribution in [0.3, 0.4) is 0 Å². The lowest BCUT2D eigenvalue weighted by atomic mass is 10.3. The van der Waals surface area contributed by atoms with Crippen LogP contribution in [0.25, 0.3) is 0 Å². The molecule has 0 aromatic carbocycles. The first-order valence-corrected chi connectivity index (χ1v) is 8.53. The molecule has 88 valence electrons. The van der Waals surface area contributed by atoms with E-state index in [-0.39, 0.29) is 0 Å². The minimum absolute atomic E-state index is 0.815.